The lowest BCUT2D eigenvalue weighted by Gasteiger charge is -2.26. The van der Waals surface area contributed by atoms with Gasteiger partial charge in [-0.05, 0) is 61.4 Å². The van der Waals surface area contributed by atoms with Crippen molar-refractivity contribution in [2.24, 2.45) is 0 Å². The summed E-state index contributed by atoms with van der Waals surface area (Å²) in [6.07, 6.45) is 0. The number of rotatable bonds is 7. The van der Waals surface area contributed by atoms with Gasteiger partial charge in [0.15, 0.2) is 17.2 Å². The molecule has 1 aliphatic heterocycles. The van der Waals surface area contributed by atoms with Crippen LogP contribution in [-0.4, -0.2) is 37.6 Å². The Kier molecular flexibility index (Phi) is 7.66. The number of aliphatic hydroxyl groups excluding tert-OH is 1. The Morgan fingerprint density at radius 1 is 0.973 bits per heavy atom. The summed E-state index contributed by atoms with van der Waals surface area (Å²) in [5, 5.41) is 11.7. The topological polar surface area (TPSA) is 85.3 Å². The summed E-state index contributed by atoms with van der Waals surface area (Å²) in [6.45, 7) is 4.10. The fraction of sp³-hybridized carbons (Fsp3) is 0.214. The molecule has 1 atom stereocenters. The van der Waals surface area contributed by atoms with Gasteiger partial charge in [-0.1, -0.05) is 41.4 Å². The van der Waals surface area contributed by atoms with Gasteiger partial charge in [-0.2, -0.15) is 0 Å². The first-order chi connectivity index (χ1) is 17.7. The lowest BCUT2D eigenvalue weighted by molar-refractivity contribution is -0.132. The van der Waals surface area contributed by atoms with Crippen molar-refractivity contribution in [3.05, 3.63) is 86.9 Å². The number of carbonyl (C=O) groups is 2. The quantitative estimate of drug-likeness (QED) is 0.213. The number of Topliss-reactive ketones (excluding diaryl/α,β-unsaturated/α-hetero) is 1. The molecule has 0 saturated carbocycles. The highest BCUT2D eigenvalue weighted by molar-refractivity contribution is 6.51. The SMILES string of the molecule is CCOc1cc(C2/C(=C(\O)c3cc(Cl)c(OC)c(Cl)c3)C(=O)C(=O)N2c2cccc(C)c2)ccc1OC. The second-order valence-corrected chi connectivity index (χ2v) is 9.14. The first-order valence-electron chi connectivity index (χ1n) is 11.4. The molecule has 1 heterocycles. The third kappa shape index (κ3) is 4.84. The van der Waals surface area contributed by atoms with Crippen molar-refractivity contribution in [3.63, 3.8) is 0 Å². The fourth-order valence-electron chi connectivity index (χ4n) is 4.37. The number of ketones is 1. The number of aliphatic hydroxyl groups is 1. The molecule has 0 aliphatic carbocycles. The van der Waals surface area contributed by atoms with Crippen LogP contribution in [0.2, 0.25) is 10.0 Å². The second-order valence-electron chi connectivity index (χ2n) is 8.32. The molecular formula is C28H25Cl2NO6. The third-order valence-corrected chi connectivity index (χ3v) is 6.56. The Balaban J connectivity index is 1.99. The first-order valence-corrected chi connectivity index (χ1v) is 12.2. The minimum atomic E-state index is -0.966. The van der Waals surface area contributed by atoms with Crippen LogP contribution in [0.15, 0.2) is 60.2 Å². The normalized spacial score (nSPS) is 16.7. The molecule has 1 N–H and O–H groups in total. The Labute approximate surface area is 224 Å². The van der Waals surface area contributed by atoms with Crippen molar-refractivity contribution in [2.45, 2.75) is 19.9 Å². The van der Waals surface area contributed by atoms with Gasteiger partial charge in [0, 0.05) is 11.3 Å². The highest BCUT2D eigenvalue weighted by Gasteiger charge is 2.47. The molecule has 37 heavy (non-hydrogen) atoms. The molecule has 4 rings (SSSR count). The van der Waals surface area contributed by atoms with Crippen LogP contribution in [0.4, 0.5) is 5.69 Å². The summed E-state index contributed by atoms with van der Waals surface area (Å²) in [7, 11) is 2.94. The minimum absolute atomic E-state index is 0.114. The van der Waals surface area contributed by atoms with Crippen molar-refractivity contribution in [3.8, 4) is 17.2 Å². The van der Waals surface area contributed by atoms with Crippen LogP contribution in [0, 0.1) is 6.92 Å². The Morgan fingerprint density at radius 2 is 1.68 bits per heavy atom. The van der Waals surface area contributed by atoms with Crippen molar-refractivity contribution in [2.75, 3.05) is 25.7 Å². The molecule has 0 bridgehead atoms. The zero-order valence-electron chi connectivity index (χ0n) is 20.7. The smallest absolute Gasteiger partial charge is 0.300 e. The van der Waals surface area contributed by atoms with Gasteiger partial charge >= 0.3 is 0 Å². The number of anilines is 1. The predicted octanol–water partition coefficient (Wildman–Crippen LogP) is 6.34. The summed E-state index contributed by atoms with van der Waals surface area (Å²) < 4.78 is 16.3. The molecule has 9 heteroatoms. The van der Waals surface area contributed by atoms with Crippen LogP contribution in [0.3, 0.4) is 0 Å². The first kappa shape index (κ1) is 26.4. The largest absolute Gasteiger partial charge is 0.507 e. The molecular weight excluding hydrogens is 517 g/mol. The Bertz CT molecular complexity index is 1390. The molecule has 0 radical (unpaired) electrons. The van der Waals surface area contributed by atoms with Crippen LogP contribution in [0.5, 0.6) is 17.2 Å². The lowest BCUT2D eigenvalue weighted by Crippen LogP contribution is -2.29. The zero-order chi connectivity index (χ0) is 26.9. The van der Waals surface area contributed by atoms with E-state index >= 15 is 0 Å². The maximum Gasteiger partial charge on any atom is 0.300 e. The number of methoxy groups -OCH3 is 2. The number of nitrogens with zero attached hydrogens (tertiary/aromatic N) is 1. The van der Waals surface area contributed by atoms with Crippen LogP contribution >= 0.6 is 23.2 Å². The van der Waals surface area contributed by atoms with E-state index in [-0.39, 0.29) is 26.9 Å². The standard InChI is InChI=1S/C28H25Cl2NO6/c1-5-37-22-14-16(9-10-21(22)35-3)24-23(25(32)17-12-19(29)27(36-4)20(30)13-17)26(33)28(34)31(24)18-8-6-7-15(2)11-18/h6-14,24,32H,5H2,1-4H3/b25-23+. The molecule has 1 saturated heterocycles. The monoisotopic (exact) mass is 541 g/mol. The number of ether oxygens (including phenoxy) is 3. The third-order valence-electron chi connectivity index (χ3n) is 6.00. The molecule has 3 aromatic rings. The van der Waals surface area contributed by atoms with Gasteiger partial charge in [0.2, 0.25) is 0 Å². The molecule has 7 nitrogen and oxygen atoms in total. The highest BCUT2D eigenvalue weighted by atomic mass is 35.5. The molecule has 192 valence electrons. The Hall–Kier alpha value is -3.68. The number of aryl methyl sites for hydroxylation is 1. The van der Waals surface area contributed by atoms with E-state index in [0.717, 1.165) is 5.56 Å². The summed E-state index contributed by atoms with van der Waals surface area (Å²) >= 11 is 12.6. The minimum Gasteiger partial charge on any atom is -0.507 e. The van der Waals surface area contributed by atoms with E-state index in [1.165, 1.54) is 31.3 Å². The van der Waals surface area contributed by atoms with Crippen LogP contribution < -0.4 is 19.1 Å². The highest BCUT2D eigenvalue weighted by Crippen LogP contribution is 2.45. The van der Waals surface area contributed by atoms with Gasteiger partial charge in [-0.3, -0.25) is 14.5 Å². The molecule has 0 aromatic heterocycles. The van der Waals surface area contributed by atoms with Crippen molar-refractivity contribution >= 4 is 46.3 Å². The molecule has 1 unspecified atom stereocenters. The van der Waals surface area contributed by atoms with Crippen molar-refractivity contribution < 1.29 is 28.9 Å². The zero-order valence-corrected chi connectivity index (χ0v) is 22.2. The van der Waals surface area contributed by atoms with E-state index in [1.54, 1.807) is 36.4 Å². The van der Waals surface area contributed by atoms with E-state index in [2.05, 4.69) is 0 Å². The van der Waals surface area contributed by atoms with Crippen LogP contribution in [0.25, 0.3) is 5.76 Å². The summed E-state index contributed by atoms with van der Waals surface area (Å²) in [5.74, 6) is -0.885. The predicted molar refractivity (Wildman–Crippen MR) is 143 cm³/mol. The fourth-order valence-corrected chi connectivity index (χ4v) is 5.01. The van der Waals surface area contributed by atoms with Gasteiger partial charge in [0.05, 0.1) is 42.5 Å². The molecule has 3 aromatic carbocycles. The van der Waals surface area contributed by atoms with Gasteiger partial charge in [-0.25, -0.2) is 0 Å². The average Bonchev–Trinajstić information content (AvgIpc) is 3.13. The van der Waals surface area contributed by atoms with E-state index in [0.29, 0.717) is 29.4 Å². The number of benzene rings is 3. The van der Waals surface area contributed by atoms with Crippen molar-refractivity contribution in [1.29, 1.82) is 0 Å². The van der Waals surface area contributed by atoms with Crippen LogP contribution in [-0.2, 0) is 9.59 Å². The second kappa shape index (κ2) is 10.7. The number of hydrogen-bond acceptors (Lipinski definition) is 6. The maximum absolute atomic E-state index is 13.4. The number of amides is 1. The summed E-state index contributed by atoms with van der Waals surface area (Å²) in [5.41, 5.74) is 2.00. The average molecular weight is 542 g/mol. The van der Waals surface area contributed by atoms with Gasteiger partial charge in [-0.15, -0.1) is 0 Å². The molecule has 1 aliphatic rings. The molecule has 0 spiro atoms. The van der Waals surface area contributed by atoms with Gasteiger partial charge in [0.1, 0.15) is 5.76 Å². The van der Waals surface area contributed by atoms with E-state index < -0.39 is 23.5 Å². The van der Waals surface area contributed by atoms with Crippen LogP contribution in [0.1, 0.15) is 29.7 Å². The van der Waals surface area contributed by atoms with Gasteiger partial charge in [0.25, 0.3) is 11.7 Å². The number of carbonyl (C=O) groups excluding carboxylic acids is 2. The van der Waals surface area contributed by atoms with E-state index in [4.69, 9.17) is 37.4 Å². The lowest BCUT2D eigenvalue weighted by atomic mass is 9.94. The Morgan fingerprint density at radius 3 is 2.27 bits per heavy atom. The maximum atomic E-state index is 13.4. The number of hydrogen-bond donors (Lipinski definition) is 1. The summed E-state index contributed by atoms with van der Waals surface area (Å²) in [6, 6.07) is 14.2. The van der Waals surface area contributed by atoms with E-state index in [9.17, 15) is 14.7 Å². The van der Waals surface area contributed by atoms with Gasteiger partial charge < -0.3 is 19.3 Å². The molecule has 1 fully saturated rings. The summed E-state index contributed by atoms with van der Waals surface area (Å²) in [4.78, 5) is 28.2. The van der Waals surface area contributed by atoms with Crippen molar-refractivity contribution in [1.82, 2.24) is 0 Å². The molecule has 1 amide bonds. The van der Waals surface area contributed by atoms with E-state index in [1.807, 2.05) is 19.9 Å². The number of halogens is 2.